The van der Waals surface area contributed by atoms with E-state index in [1.165, 1.54) is 0 Å². The van der Waals surface area contributed by atoms with Crippen molar-refractivity contribution >= 4 is 17.4 Å². The summed E-state index contributed by atoms with van der Waals surface area (Å²) >= 11 is 0. The van der Waals surface area contributed by atoms with E-state index >= 15 is 0 Å². The lowest BCUT2D eigenvalue weighted by molar-refractivity contribution is -0.131. The SMILES string of the molecule is COc1ccccc1N1CCN(C(=O)CCC(=O)c2cc(C)ccc2C)CC1. The van der Waals surface area contributed by atoms with Gasteiger partial charge in [0.1, 0.15) is 5.75 Å². The van der Waals surface area contributed by atoms with Crippen molar-refractivity contribution in [2.45, 2.75) is 26.7 Å². The lowest BCUT2D eigenvalue weighted by Crippen LogP contribution is -2.48. The van der Waals surface area contributed by atoms with E-state index in [0.29, 0.717) is 13.1 Å². The van der Waals surface area contributed by atoms with E-state index in [1.807, 2.05) is 61.2 Å². The van der Waals surface area contributed by atoms with Crippen LogP contribution in [0.4, 0.5) is 5.69 Å². The number of piperazine rings is 1. The molecule has 1 heterocycles. The number of para-hydroxylation sites is 2. The van der Waals surface area contributed by atoms with Gasteiger partial charge in [0, 0.05) is 44.6 Å². The first-order chi connectivity index (χ1) is 13.5. The predicted molar refractivity (Wildman–Crippen MR) is 111 cm³/mol. The third kappa shape index (κ3) is 4.53. The summed E-state index contributed by atoms with van der Waals surface area (Å²) in [7, 11) is 1.67. The Hall–Kier alpha value is -2.82. The molecule has 3 rings (SSSR count). The number of anilines is 1. The van der Waals surface area contributed by atoms with Gasteiger partial charge in [-0.2, -0.15) is 0 Å². The third-order valence-electron chi connectivity index (χ3n) is 5.32. The summed E-state index contributed by atoms with van der Waals surface area (Å²) in [6.07, 6.45) is 0.525. The summed E-state index contributed by atoms with van der Waals surface area (Å²) in [5.41, 5.74) is 3.82. The maximum absolute atomic E-state index is 12.6. The van der Waals surface area contributed by atoms with Gasteiger partial charge < -0.3 is 14.5 Å². The zero-order valence-corrected chi connectivity index (χ0v) is 16.9. The standard InChI is InChI=1S/C23H28N2O3/c1-17-8-9-18(2)19(16-17)21(26)10-11-23(27)25-14-12-24(13-15-25)20-6-4-5-7-22(20)28-3/h4-9,16H,10-15H2,1-3H3. The number of carbonyl (C=O) groups excluding carboxylic acids is 2. The number of aryl methyl sites for hydroxylation is 2. The van der Waals surface area contributed by atoms with Crippen LogP contribution in [0.1, 0.15) is 34.3 Å². The zero-order chi connectivity index (χ0) is 20.1. The molecule has 0 radical (unpaired) electrons. The Morgan fingerprint density at radius 2 is 1.68 bits per heavy atom. The maximum Gasteiger partial charge on any atom is 0.223 e. The third-order valence-corrected chi connectivity index (χ3v) is 5.32. The first kappa shape index (κ1) is 19.9. The van der Waals surface area contributed by atoms with Crippen molar-refractivity contribution in [1.82, 2.24) is 4.90 Å². The van der Waals surface area contributed by atoms with Crippen molar-refractivity contribution in [3.8, 4) is 5.75 Å². The number of ether oxygens (including phenoxy) is 1. The van der Waals surface area contributed by atoms with Crippen LogP contribution in [0.5, 0.6) is 5.75 Å². The number of rotatable bonds is 6. The van der Waals surface area contributed by atoms with Crippen LogP contribution in [-0.2, 0) is 4.79 Å². The fourth-order valence-electron chi connectivity index (χ4n) is 3.64. The lowest BCUT2D eigenvalue weighted by atomic mass is 9.99. The Morgan fingerprint density at radius 3 is 2.39 bits per heavy atom. The van der Waals surface area contributed by atoms with E-state index in [2.05, 4.69) is 4.90 Å². The summed E-state index contributed by atoms with van der Waals surface area (Å²) < 4.78 is 5.44. The van der Waals surface area contributed by atoms with Gasteiger partial charge in [0.25, 0.3) is 0 Å². The molecule has 0 bridgehead atoms. The highest BCUT2D eigenvalue weighted by Gasteiger charge is 2.23. The molecule has 0 aromatic heterocycles. The average Bonchev–Trinajstić information content (AvgIpc) is 2.73. The molecule has 2 aromatic carbocycles. The molecule has 0 unspecified atom stereocenters. The van der Waals surface area contributed by atoms with E-state index in [0.717, 1.165) is 41.2 Å². The van der Waals surface area contributed by atoms with Crippen LogP contribution >= 0.6 is 0 Å². The largest absolute Gasteiger partial charge is 0.495 e. The fourth-order valence-corrected chi connectivity index (χ4v) is 3.64. The molecular formula is C23H28N2O3. The second kappa shape index (κ2) is 8.91. The molecule has 0 spiro atoms. The molecule has 28 heavy (non-hydrogen) atoms. The lowest BCUT2D eigenvalue weighted by Gasteiger charge is -2.36. The summed E-state index contributed by atoms with van der Waals surface area (Å²) in [4.78, 5) is 29.2. The first-order valence-corrected chi connectivity index (χ1v) is 9.76. The smallest absolute Gasteiger partial charge is 0.223 e. The second-order valence-corrected chi connectivity index (χ2v) is 7.28. The zero-order valence-electron chi connectivity index (χ0n) is 16.9. The Labute approximate surface area is 166 Å². The molecule has 5 heteroatoms. The van der Waals surface area contributed by atoms with Gasteiger partial charge in [-0.05, 0) is 37.6 Å². The van der Waals surface area contributed by atoms with E-state index in [9.17, 15) is 9.59 Å². The van der Waals surface area contributed by atoms with Crippen LogP contribution in [-0.4, -0.2) is 49.9 Å². The van der Waals surface area contributed by atoms with E-state index in [1.54, 1.807) is 7.11 Å². The van der Waals surface area contributed by atoms with Crippen LogP contribution in [0.3, 0.4) is 0 Å². The van der Waals surface area contributed by atoms with Gasteiger partial charge in [0.2, 0.25) is 5.91 Å². The number of nitrogens with zero attached hydrogens (tertiary/aromatic N) is 2. The number of carbonyl (C=O) groups is 2. The number of benzene rings is 2. The van der Waals surface area contributed by atoms with Crippen molar-refractivity contribution in [1.29, 1.82) is 0 Å². The monoisotopic (exact) mass is 380 g/mol. The number of ketones is 1. The number of amides is 1. The normalized spacial score (nSPS) is 14.1. The van der Waals surface area contributed by atoms with E-state index < -0.39 is 0 Å². The highest BCUT2D eigenvalue weighted by molar-refractivity contribution is 5.99. The Bertz CT molecular complexity index is 855. The molecule has 0 aliphatic carbocycles. The van der Waals surface area contributed by atoms with Crippen molar-refractivity contribution in [3.63, 3.8) is 0 Å². The molecule has 1 amide bonds. The van der Waals surface area contributed by atoms with Gasteiger partial charge >= 0.3 is 0 Å². The molecule has 2 aromatic rings. The van der Waals surface area contributed by atoms with Gasteiger partial charge in [0.05, 0.1) is 12.8 Å². The first-order valence-electron chi connectivity index (χ1n) is 9.76. The molecule has 1 saturated heterocycles. The summed E-state index contributed by atoms with van der Waals surface area (Å²) in [5.74, 6) is 0.946. The van der Waals surface area contributed by atoms with Crippen LogP contribution in [0.25, 0.3) is 0 Å². The van der Waals surface area contributed by atoms with Crippen molar-refractivity contribution in [2.24, 2.45) is 0 Å². The summed E-state index contributed by atoms with van der Waals surface area (Å²) in [6, 6.07) is 13.8. The van der Waals surface area contributed by atoms with Crippen molar-refractivity contribution < 1.29 is 14.3 Å². The van der Waals surface area contributed by atoms with E-state index in [4.69, 9.17) is 4.74 Å². The molecule has 1 aliphatic rings. The maximum atomic E-state index is 12.6. The van der Waals surface area contributed by atoms with Crippen molar-refractivity contribution in [2.75, 3.05) is 38.2 Å². The highest BCUT2D eigenvalue weighted by Crippen LogP contribution is 2.28. The predicted octanol–water partition coefficient (Wildman–Crippen LogP) is 3.62. The number of Topliss-reactive ketones (excluding diaryl/α,β-unsaturated/α-hetero) is 1. The minimum Gasteiger partial charge on any atom is -0.495 e. The molecule has 148 valence electrons. The van der Waals surface area contributed by atoms with Crippen LogP contribution in [0, 0.1) is 13.8 Å². The van der Waals surface area contributed by atoms with Crippen LogP contribution < -0.4 is 9.64 Å². The van der Waals surface area contributed by atoms with Gasteiger partial charge in [-0.3, -0.25) is 9.59 Å². The van der Waals surface area contributed by atoms with Gasteiger partial charge in [-0.15, -0.1) is 0 Å². The van der Waals surface area contributed by atoms with Gasteiger partial charge in [-0.25, -0.2) is 0 Å². The number of methoxy groups -OCH3 is 1. The molecule has 0 N–H and O–H groups in total. The molecule has 0 atom stereocenters. The molecule has 1 fully saturated rings. The highest BCUT2D eigenvalue weighted by atomic mass is 16.5. The summed E-state index contributed by atoms with van der Waals surface area (Å²) in [6.45, 7) is 6.76. The molecule has 5 nitrogen and oxygen atoms in total. The minimum atomic E-state index is 0.0437. The fraction of sp³-hybridized carbons (Fsp3) is 0.391. The van der Waals surface area contributed by atoms with Crippen LogP contribution in [0.2, 0.25) is 0 Å². The Morgan fingerprint density at radius 1 is 0.964 bits per heavy atom. The van der Waals surface area contributed by atoms with Crippen LogP contribution in [0.15, 0.2) is 42.5 Å². The van der Waals surface area contributed by atoms with Crippen molar-refractivity contribution in [3.05, 3.63) is 59.2 Å². The topological polar surface area (TPSA) is 49.9 Å². The van der Waals surface area contributed by atoms with E-state index in [-0.39, 0.29) is 24.5 Å². The molecule has 0 saturated carbocycles. The number of hydrogen-bond donors (Lipinski definition) is 0. The summed E-state index contributed by atoms with van der Waals surface area (Å²) in [5, 5.41) is 0. The average molecular weight is 380 g/mol. The Kier molecular flexibility index (Phi) is 6.34. The number of hydrogen-bond acceptors (Lipinski definition) is 4. The molecular weight excluding hydrogens is 352 g/mol. The van der Waals surface area contributed by atoms with Gasteiger partial charge in [0.15, 0.2) is 5.78 Å². The minimum absolute atomic E-state index is 0.0437. The van der Waals surface area contributed by atoms with Gasteiger partial charge in [-0.1, -0.05) is 29.8 Å². The quantitative estimate of drug-likeness (QED) is 0.718. The second-order valence-electron chi connectivity index (χ2n) is 7.28. The Balaban J connectivity index is 1.53. The molecule has 1 aliphatic heterocycles.